The van der Waals surface area contributed by atoms with Crippen LogP contribution in [0, 0.1) is 0 Å². The predicted molar refractivity (Wildman–Crippen MR) is 61.0 cm³/mol. The van der Waals surface area contributed by atoms with Gasteiger partial charge in [0, 0.05) is 18.5 Å². The van der Waals surface area contributed by atoms with Crippen molar-refractivity contribution in [2.45, 2.75) is 13.1 Å². The van der Waals surface area contributed by atoms with Crippen LogP contribution in [0.1, 0.15) is 12.5 Å². The second kappa shape index (κ2) is 4.29. The number of hydrogen-bond donors (Lipinski definition) is 1. The lowest BCUT2D eigenvalue weighted by Gasteiger charge is -2.12. The van der Waals surface area contributed by atoms with Crippen LogP contribution in [0.15, 0.2) is 30.5 Å². The molecule has 1 amide bonds. The van der Waals surface area contributed by atoms with Crippen LogP contribution in [0.5, 0.6) is 0 Å². The molecule has 6 heteroatoms. The second-order valence-corrected chi connectivity index (χ2v) is 3.74. The molecule has 94 valence electrons. The zero-order chi connectivity index (χ0) is 13.3. The molecule has 0 spiro atoms. The van der Waals surface area contributed by atoms with Gasteiger partial charge in [-0.1, -0.05) is 6.07 Å². The largest absolute Gasteiger partial charge is 0.417 e. The fourth-order valence-electron chi connectivity index (χ4n) is 1.71. The molecule has 18 heavy (non-hydrogen) atoms. The van der Waals surface area contributed by atoms with Crippen molar-refractivity contribution in [3.63, 3.8) is 0 Å². The number of anilines is 1. The number of amides is 1. The van der Waals surface area contributed by atoms with Crippen molar-refractivity contribution in [3.05, 3.63) is 36.0 Å². The van der Waals surface area contributed by atoms with Crippen LogP contribution in [-0.4, -0.2) is 10.9 Å². The monoisotopic (exact) mass is 254 g/mol. The first-order valence-electron chi connectivity index (χ1n) is 5.12. The minimum Gasteiger partial charge on any atom is -0.324 e. The molecule has 0 aliphatic heterocycles. The van der Waals surface area contributed by atoms with E-state index in [-0.39, 0.29) is 22.5 Å². The highest BCUT2D eigenvalue weighted by molar-refractivity contribution is 6.00. The number of fused-ring (bicyclic) bond motifs is 1. The Morgan fingerprint density at radius 1 is 1.28 bits per heavy atom. The molecule has 3 nitrogen and oxygen atoms in total. The minimum atomic E-state index is -4.45. The molecule has 0 saturated carbocycles. The van der Waals surface area contributed by atoms with Crippen molar-refractivity contribution in [1.82, 2.24) is 4.98 Å². The van der Waals surface area contributed by atoms with E-state index in [0.717, 1.165) is 6.07 Å². The van der Waals surface area contributed by atoms with E-state index in [9.17, 15) is 18.0 Å². The van der Waals surface area contributed by atoms with Gasteiger partial charge in [0.25, 0.3) is 0 Å². The third-order valence-electron chi connectivity index (χ3n) is 2.39. The van der Waals surface area contributed by atoms with E-state index in [1.165, 1.54) is 31.3 Å². The normalized spacial score (nSPS) is 11.6. The van der Waals surface area contributed by atoms with Crippen LogP contribution in [0.2, 0.25) is 0 Å². The van der Waals surface area contributed by atoms with Gasteiger partial charge in [0.05, 0.1) is 16.8 Å². The number of carbonyl (C=O) groups is 1. The van der Waals surface area contributed by atoms with E-state index in [1.54, 1.807) is 0 Å². The zero-order valence-electron chi connectivity index (χ0n) is 9.38. The number of carbonyl (C=O) groups excluding carboxylic acids is 1. The highest BCUT2D eigenvalue weighted by Gasteiger charge is 2.33. The van der Waals surface area contributed by atoms with Gasteiger partial charge in [0.1, 0.15) is 0 Å². The lowest BCUT2D eigenvalue weighted by molar-refractivity contribution is -0.136. The molecule has 0 fully saturated rings. The van der Waals surface area contributed by atoms with Crippen LogP contribution in [-0.2, 0) is 11.0 Å². The molecule has 0 radical (unpaired) electrons. The third-order valence-corrected chi connectivity index (χ3v) is 2.39. The van der Waals surface area contributed by atoms with E-state index >= 15 is 0 Å². The standard InChI is InChI=1S/C12H9F3N2O/c1-7(18)17-10-5-4-9(12(13,14)15)8-3-2-6-16-11(8)10/h2-6H,1H3,(H,17,18). The molecule has 2 aromatic rings. The average Bonchev–Trinajstić information content (AvgIpc) is 2.27. The summed E-state index contributed by atoms with van der Waals surface area (Å²) in [6.45, 7) is 1.28. The first-order valence-corrected chi connectivity index (χ1v) is 5.12. The van der Waals surface area contributed by atoms with E-state index < -0.39 is 11.7 Å². The predicted octanol–water partition coefficient (Wildman–Crippen LogP) is 3.21. The highest BCUT2D eigenvalue weighted by atomic mass is 19.4. The zero-order valence-corrected chi connectivity index (χ0v) is 9.38. The first-order chi connectivity index (χ1) is 8.39. The third kappa shape index (κ3) is 2.27. The summed E-state index contributed by atoms with van der Waals surface area (Å²) in [6.07, 6.45) is -3.07. The number of pyridine rings is 1. The fraction of sp³-hybridized carbons (Fsp3) is 0.167. The summed E-state index contributed by atoms with van der Waals surface area (Å²) in [6, 6.07) is 4.90. The molecule has 0 unspecified atom stereocenters. The van der Waals surface area contributed by atoms with Crippen LogP contribution in [0.3, 0.4) is 0 Å². The van der Waals surface area contributed by atoms with Crippen LogP contribution < -0.4 is 5.32 Å². The van der Waals surface area contributed by atoms with Gasteiger partial charge in [-0.25, -0.2) is 0 Å². The Morgan fingerprint density at radius 2 is 2.00 bits per heavy atom. The number of rotatable bonds is 1. The van der Waals surface area contributed by atoms with E-state index in [1.807, 2.05) is 0 Å². The maximum Gasteiger partial charge on any atom is 0.417 e. The van der Waals surface area contributed by atoms with Crippen LogP contribution in [0.4, 0.5) is 18.9 Å². The van der Waals surface area contributed by atoms with Gasteiger partial charge in [0.15, 0.2) is 0 Å². The van der Waals surface area contributed by atoms with Crippen molar-refractivity contribution < 1.29 is 18.0 Å². The summed E-state index contributed by atoms with van der Waals surface area (Å²) in [4.78, 5) is 14.9. The first kappa shape index (κ1) is 12.3. The SMILES string of the molecule is CC(=O)Nc1ccc(C(F)(F)F)c2cccnc12. The summed E-state index contributed by atoms with van der Waals surface area (Å²) < 4.78 is 38.4. The molecule has 0 aliphatic carbocycles. The Kier molecular flexibility index (Phi) is 2.94. The smallest absolute Gasteiger partial charge is 0.324 e. The topological polar surface area (TPSA) is 42.0 Å². The number of halogens is 3. The lowest BCUT2D eigenvalue weighted by atomic mass is 10.1. The number of hydrogen-bond acceptors (Lipinski definition) is 2. The maximum absolute atomic E-state index is 12.8. The molecule has 1 N–H and O–H groups in total. The molecular formula is C12H9F3N2O. The summed E-state index contributed by atoms with van der Waals surface area (Å²) in [7, 11) is 0. The number of nitrogens with one attached hydrogen (secondary N) is 1. The Labute approximate surface area is 101 Å². The van der Waals surface area contributed by atoms with Gasteiger partial charge >= 0.3 is 6.18 Å². The minimum absolute atomic E-state index is 0.0312. The number of benzene rings is 1. The van der Waals surface area contributed by atoms with Gasteiger partial charge in [0.2, 0.25) is 5.91 Å². The number of alkyl halides is 3. The van der Waals surface area contributed by atoms with Crippen LogP contribution in [0.25, 0.3) is 10.9 Å². The molecule has 1 aromatic carbocycles. The van der Waals surface area contributed by atoms with Crippen molar-refractivity contribution in [1.29, 1.82) is 0 Å². The average molecular weight is 254 g/mol. The van der Waals surface area contributed by atoms with Crippen molar-refractivity contribution in [2.75, 3.05) is 5.32 Å². The van der Waals surface area contributed by atoms with Gasteiger partial charge in [-0.2, -0.15) is 13.2 Å². The molecule has 2 rings (SSSR count). The van der Waals surface area contributed by atoms with Crippen molar-refractivity contribution in [3.8, 4) is 0 Å². The highest BCUT2D eigenvalue weighted by Crippen LogP contribution is 2.36. The van der Waals surface area contributed by atoms with Crippen molar-refractivity contribution in [2.24, 2.45) is 0 Å². The van der Waals surface area contributed by atoms with Gasteiger partial charge < -0.3 is 5.32 Å². The summed E-state index contributed by atoms with van der Waals surface area (Å²) in [5.41, 5.74) is -0.367. The Balaban J connectivity index is 2.70. The maximum atomic E-state index is 12.8. The van der Waals surface area contributed by atoms with Gasteiger partial charge in [-0.3, -0.25) is 9.78 Å². The Morgan fingerprint density at radius 3 is 2.61 bits per heavy atom. The summed E-state index contributed by atoms with van der Waals surface area (Å²) >= 11 is 0. The number of nitrogens with zero attached hydrogens (tertiary/aromatic N) is 1. The van der Waals surface area contributed by atoms with Crippen LogP contribution >= 0.6 is 0 Å². The summed E-state index contributed by atoms with van der Waals surface area (Å²) in [5.74, 6) is -0.360. The fourth-order valence-corrected chi connectivity index (χ4v) is 1.71. The molecule has 0 atom stereocenters. The van der Waals surface area contributed by atoms with Gasteiger partial charge in [-0.05, 0) is 18.2 Å². The number of aromatic nitrogens is 1. The van der Waals surface area contributed by atoms with Gasteiger partial charge in [-0.15, -0.1) is 0 Å². The molecule has 1 heterocycles. The molecule has 0 bridgehead atoms. The van der Waals surface area contributed by atoms with E-state index in [2.05, 4.69) is 10.3 Å². The molecule has 0 saturated heterocycles. The van der Waals surface area contributed by atoms with Crippen molar-refractivity contribution >= 4 is 22.5 Å². The van der Waals surface area contributed by atoms with E-state index in [0.29, 0.717) is 0 Å². The second-order valence-electron chi connectivity index (χ2n) is 3.74. The lowest BCUT2D eigenvalue weighted by Crippen LogP contribution is -2.10. The molecule has 0 aliphatic rings. The Bertz CT molecular complexity index is 608. The molecular weight excluding hydrogens is 245 g/mol. The quantitative estimate of drug-likeness (QED) is 0.849. The summed E-state index contributed by atoms with van der Waals surface area (Å²) in [5, 5.41) is 2.43. The Hall–Kier alpha value is -2.11. The van der Waals surface area contributed by atoms with E-state index in [4.69, 9.17) is 0 Å². The molecule has 1 aromatic heterocycles.